The number of hydrogen-bond donors (Lipinski definition) is 2. The minimum atomic E-state index is -1.23. The van der Waals surface area contributed by atoms with Crippen LogP contribution in [0.3, 0.4) is 0 Å². The van der Waals surface area contributed by atoms with Crippen LogP contribution in [0.4, 0.5) is 0 Å². The lowest BCUT2D eigenvalue weighted by Gasteiger charge is -2.23. The van der Waals surface area contributed by atoms with Gasteiger partial charge in [-0.2, -0.15) is 0 Å². The van der Waals surface area contributed by atoms with E-state index in [9.17, 15) is 9.90 Å². The summed E-state index contributed by atoms with van der Waals surface area (Å²) in [6.45, 7) is 6.71. The number of carbonyl (C=O) groups is 1. The fraction of sp³-hybridized carbons (Fsp3) is 0.533. The van der Waals surface area contributed by atoms with Crippen LogP contribution >= 0.6 is 0 Å². The van der Waals surface area contributed by atoms with E-state index in [2.05, 4.69) is 20.8 Å². The number of aliphatic carboxylic acids is 1. The lowest BCUT2D eigenvalue weighted by atomic mass is 9.83. The average molecular weight is 263 g/mol. The molecule has 0 fully saturated rings. The van der Waals surface area contributed by atoms with Crippen LogP contribution in [0.2, 0.25) is 0 Å². The number of carboxylic acids is 1. The second kappa shape index (κ2) is 4.53. The van der Waals surface area contributed by atoms with Gasteiger partial charge in [-0.05, 0) is 22.6 Å². The SMILES string of the molecule is CC(C)(C)c1ccc2c(c1)CC(N)(C(=O)O)CCO2. The van der Waals surface area contributed by atoms with Crippen molar-refractivity contribution >= 4 is 5.97 Å². The molecule has 104 valence electrons. The topological polar surface area (TPSA) is 72.6 Å². The number of ether oxygens (including phenoxy) is 1. The van der Waals surface area contributed by atoms with E-state index in [1.807, 2.05) is 18.2 Å². The van der Waals surface area contributed by atoms with Crippen molar-refractivity contribution < 1.29 is 14.6 Å². The van der Waals surface area contributed by atoms with Crippen LogP contribution in [-0.2, 0) is 16.6 Å². The van der Waals surface area contributed by atoms with Crippen LogP contribution < -0.4 is 10.5 Å². The Kier molecular flexibility index (Phi) is 3.31. The first kappa shape index (κ1) is 13.9. The summed E-state index contributed by atoms with van der Waals surface area (Å²) in [5, 5.41) is 9.30. The Bertz CT molecular complexity index is 505. The lowest BCUT2D eigenvalue weighted by molar-refractivity contribution is -0.143. The number of hydrogen-bond acceptors (Lipinski definition) is 3. The Morgan fingerprint density at radius 2 is 2.11 bits per heavy atom. The van der Waals surface area contributed by atoms with Crippen molar-refractivity contribution in [3.8, 4) is 5.75 Å². The van der Waals surface area contributed by atoms with E-state index in [1.54, 1.807) is 0 Å². The minimum Gasteiger partial charge on any atom is -0.493 e. The van der Waals surface area contributed by atoms with Crippen molar-refractivity contribution in [2.24, 2.45) is 5.73 Å². The number of nitrogens with two attached hydrogens (primary N) is 1. The van der Waals surface area contributed by atoms with E-state index in [0.29, 0.717) is 19.4 Å². The van der Waals surface area contributed by atoms with Gasteiger partial charge in [0.2, 0.25) is 0 Å². The first-order valence-electron chi connectivity index (χ1n) is 6.51. The molecule has 0 aliphatic carbocycles. The van der Waals surface area contributed by atoms with E-state index in [-0.39, 0.29) is 5.41 Å². The summed E-state index contributed by atoms with van der Waals surface area (Å²) in [6.07, 6.45) is 0.628. The van der Waals surface area contributed by atoms with Gasteiger partial charge in [-0.15, -0.1) is 0 Å². The summed E-state index contributed by atoms with van der Waals surface area (Å²) >= 11 is 0. The van der Waals surface area contributed by atoms with Gasteiger partial charge in [0.25, 0.3) is 0 Å². The molecule has 1 aliphatic rings. The predicted octanol–water partition coefficient (Wildman–Crippen LogP) is 2.09. The molecule has 0 radical (unpaired) electrons. The van der Waals surface area contributed by atoms with Crippen LogP contribution in [0.1, 0.15) is 38.3 Å². The summed E-state index contributed by atoms with van der Waals surface area (Å²) in [4.78, 5) is 11.3. The Labute approximate surface area is 113 Å². The molecule has 19 heavy (non-hydrogen) atoms. The molecular formula is C15H21NO3. The highest BCUT2D eigenvalue weighted by atomic mass is 16.5. The Morgan fingerprint density at radius 1 is 1.42 bits per heavy atom. The van der Waals surface area contributed by atoms with E-state index >= 15 is 0 Å². The fourth-order valence-electron chi connectivity index (χ4n) is 2.28. The van der Waals surface area contributed by atoms with Crippen molar-refractivity contribution in [3.05, 3.63) is 29.3 Å². The van der Waals surface area contributed by atoms with Crippen LogP contribution in [0, 0.1) is 0 Å². The highest BCUT2D eigenvalue weighted by Gasteiger charge is 2.37. The molecule has 1 atom stereocenters. The maximum absolute atomic E-state index is 11.3. The zero-order chi connectivity index (χ0) is 14.3. The first-order valence-corrected chi connectivity index (χ1v) is 6.51. The first-order chi connectivity index (χ1) is 8.72. The Morgan fingerprint density at radius 3 is 2.68 bits per heavy atom. The van der Waals surface area contributed by atoms with Crippen molar-refractivity contribution in [2.75, 3.05) is 6.61 Å². The van der Waals surface area contributed by atoms with Gasteiger partial charge < -0.3 is 15.6 Å². The molecule has 0 spiro atoms. The molecule has 0 saturated carbocycles. The number of benzene rings is 1. The molecule has 0 bridgehead atoms. The van der Waals surface area contributed by atoms with E-state index in [1.165, 1.54) is 0 Å². The standard InChI is InChI=1S/C15H21NO3/c1-14(2,3)11-4-5-12-10(8-11)9-15(16,13(17)18)6-7-19-12/h4-5,8H,6-7,9,16H2,1-3H3,(H,17,18). The normalized spacial score (nSPS) is 23.2. The molecule has 4 nitrogen and oxygen atoms in total. The molecule has 3 N–H and O–H groups in total. The number of rotatable bonds is 1. The third kappa shape index (κ3) is 2.73. The number of carboxylic acid groups (broad SMARTS) is 1. The lowest BCUT2D eigenvalue weighted by Crippen LogP contribution is -2.50. The van der Waals surface area contributed by atoms with Crippen molar-refractivity contribution in [2.45, 2.75) is 44.6 Å². The average Bonchev–Trinajstić information content (AvgIpc) is 2.45. The monoisotopic (exact) mass is 263 g/mol. The summed E-state index contributed by atoms with van der Waals surface area (Å²) in [6, 6.07) is 5.97. The fourth-order valence-corrected chi connectivity index (χ4v) is 2.28. The predicted molar refractivity (Wildman–Crippen MR) is 73.5 cm³/mol. The van der Waals surface area contributed by atoms with Gasteiger partial charge in [0, 0.05) is 12.8 Å². The molecule has 0 amide bonds. The van der Waals surface area contributed by atoms with Gasteiger partial charge in [0.05, 0.1) is 6.61 Å². The van der Waals surface area contributed by atoms with Crippen molar-refractivity contribution in [1.29, 1.82) is 0 Å². The molecule has 1 aromatic carbocycles. The molecular weight excluding hydrogens is 242 g/mol. The van der Waals surface area contributed by atoms with E-state index in [0.717, 1.165) is 16.9 Å². The maximum atomic E-state index is 11.3. The summed E-state index contributed by atoms with van der Waals surface area (Å²) < 4.78 is 5.62. The van der Waals surface area contributed by atoms with E-state index in [4.69, 9.17) is 10.5 Å². The maximum Gasteiger partial charge on any atom is 0.324 e. The molecule has 1 aromatic rings. The highest BCUT2D eigenvalue weighted by Crippen LogP contribution is 2.32. The van der Waals surface area contributed by atoms with Crippen molar-refractivity contribution in [1.82, 2.24) is 0 Å². The minimum absolute atomic E-state index is 0.0157. The molecule has 1 heterocycles. The largest absolute Gasteiger partial charge is 0.493 e. The van der Waals surface area contributed by atoms with Crippen LogP contribution in [0.15, 0.2) is 18.2 Å². The summed E-state index contributed by atoms with van der Waals surface area (Å²) in [5.74, 6) is -0.216. The third-order valence-electron chi connectivity index (χ3n) is 3.66. The van der Waals surface area contributed by atoms with Gasteiger partial charge in [0.15, 0.2) is 0 Å². The highest BCUT2D eigenvalue weighted by molar-refractivity contribution is 5.79. The number of fused-ring (bicyclic) bond motifs is 1. The van der Waals surface area contributed by atoms with Gasteiger partial charge in [0.1, 0.15) is 11.3 Å². The molecule has 0 saturated heterocycles. The molecule has 1 unspecified atom stereocenters. The van der Waals surface area contributed by atoms with Gasteiger partial charge in [-0.3, -0.25) is 4.79 Å². The Balaban J connectivity index is 2.43. The smallest absolute Gasteiger partial charge is 0.324 e. The van der Waals surface area contributed by atoms with Crippen LogP contribution in [0.5, 0.6) is 5.75 Å². The molecule has 0 aromatic heterocycles. The van der Waals surface area contributed by atoms with Crippen molar-refractivity contribution in [3.63, 3.8) is 0 Å². The zero-order valence-corrected chi connectivity index (χ0v) is 11.7. The van der Waals surface area contributed by atoms with E-state index < -0.39 is 11.5 Å². The summed E-state index contributed by atoms with van der Waals surface area (Å²) in [7, 11) is 0. The summed E-state index contributed by atoms with van der Waals surface area (Å²) in [5.41, 5.74) is 6.82. The molecule has 2 rings (SSSR count). The molecule has 1 aliphatic heterocycles. The van der Waals surface area contributed by atoms with Crippen LogP contribution in [0.25, 0.3) is 0 Å². The second-order valence-corrected chi connectivity index (χ2v) is 6.31. The van der Waals surface area contributed by atoms with Crippen LogP contribution in [-0.4, -0.2) is 23.2 Å². The van der Waals surface area contributed by atoms with Gasteiger partial charge in [-0.25, -0.2) is 0 Å². The van der Waals surface area contributed by atoms with Gasteiger partial charge >= 0.3 is 5.97 Å². The quantitative estimate of drug-likeness (QED) is 0.813. The zero-order valence-electron chi connectivity index (χ0n) is 11.7. The Hall–Kier alpha value is -1.55. The third-order valence-corrected chi connectivity index (χ3v) is 3.66. The molecule has 4 heteroatoms. The second-order valence-electron chi connectivity index (χ2n) is 6.31. The van der Waals surface area contributed by atoms with Gasteiger partial charge in [-0.1, -0.05) is 32.9 Å².